The second-order valence-electron chi connectivity index (χ2n) is 4.52. The highest BCUT2D eigenvalue weighted by molar-refractivity contribution is 14.1. The van der Waals surface area contributed by atoms with Crippen LogP contribution in [0.3, 0.4) is 0 Å². The lowest BCUT2D eigenvalue weighted by atomic mass is 9.91. The summed E-state index contributed by atoms with van der Waals surface area (Å²) in [5.41, 5.74) is 1.02. The molecule has 0 aliphatic carbocycles. The Labute approximate surface area is 109 Å². The quantitative estimate of drug-likeness (QED) is 0.817. The monoisotopic (exact) mass is 334 g/mol. The zero-order valence-electron chi connectivity index (χ0n) is 9.76. The number of hydrogen-bond donors (Lipinski definition) is 2. The van der Waals surface area contributed by atoms with E-state index in [2.05, 4.69) is 53.7 Å². The fourth-order valence-electron chi connectivity index (χ4n) is 1.37. The second kappa shape index (κ2) is 4.57. The van der Waals surface area contributed by atoms with Gasteiger partial charge in [-0.1, -0.05) is 20.8 Å². The number of aromatic nitrogens is 1. The molecular formula is C11H15IN2O2. The number of hydrogen-bond acceptors (Lipinski definition) is 3. The molecule has 1 heterocycles. The van der Waals surface area contributed by atoms with Crippen LogP contribution in [0, 0.1) is 3.57 Å². The van der Waals surface area contributed by atoms with Gasteiger partial charge in [0.2, 0.25) is 0 Å². The summed E-state index contributed by atoms with van der Waals surface area (Å²) in [4.78, 5) is 15.4. The predicted molar refractivity (Wildman–Crippen MR) is 72.2 cm³/mol. The lowest BCUT2D eigenvalue weighted by Crippen LogP contribution is -2.18. The van der Waals surface area contributed by atoms with E-state index in [0.717, 1.165) is 9.26 Å². The van der Waals surface area contributed by atoms with Gasteiger partial charge in [0.1, 0.15) is 11.4 Å². The van der Waals surface area contributed by atoms with Crippen molar-refractivity contribution in [3.8, 4) is 0 Å². The molecule has 0 aliphatic heterocycles. The maximum Gasteiger partial charge on any atom is 0.339 e. The Morgan fingerprint density at radius 3 is 2.44 bits per heavy atom. The Hall–Kier alpha value is -0.850. The Kier molecular flexibility index (Phi) is 3.77. The van der Waals surface area contributed by atoms with E-state index < -0.39 is 5.97 Å². The van der Waals surface area contributed by atoms with Crippen molar-refractivity contribution in [1.29, 1.82) is 0 Å². The van der Waals surface area contributed by atoms with Crippen molar-refractivity contribution in [2.24, 2.45) is 0 Å². The Bertz CT molecular complexity index is 425. The third kappa shape index (κ3) is 2.63. The van der Waals surface area contributed by atoms with Crippen molar-refractivity contribution in [3.05, 3.63) is 20.9 Å². The first-order valence-electron chi connectivity index (χ1n) is 4.89. The van der Waals surface area contributed by atoms with Crippen LogP contribution in [0.4, 0.5) is 5.82 Å². The SMILES string of the molecule is CNc1nc(C(C)(C)C)c(I)cc1C(=O)O. The normalized spacial score (nSPS) is 11.3. The number of carbonyl (C=O) groups is 1. The Morgan fingerprint density at radius 2 is 2.06 bits per heavy atom. The van der Waals surface area contributed by atoms with Gasteiger partial charge in [0.25, 0.3) is 0 Å². The molecule has 4 nitrogen and oxygen atoms in total. The molecule has 1 aromatic heterocycles. The summed E-state index contributed by atoms with van der Waals surface area (Å²) in [7, 11) is 1.67. The zero-order chi connectivity index (χ0) is 12.5. The summed E-state index contributed by atoms with van der Waals surface area (Å²) in [6.07, 6.45) is 0. The number of carboxylic acid groups (broad SMARTS) is 1. The number of anilines is 1. The Morgan fingerprint density at radius 1 is 1.50 bits per heavy atom. The minimum atomic E-state index is -0.963. The third-order valence-electron chi connectivity index (χ3n) is 2.15. The second-order valence-corrected chi connectivity index (χ2v) is 5.68. The first kappa shape index (κ1) is 13.2. The fourth-order valence-corrected chi connectivity index (χ4v) is 2.61. The summed E-state index contributed by atoms with van der Waals surface area (Å²) in [5.74, 6) is -0.548. The summed E-state index contributed by atoms with van der Waals surface area (Å²) >= 11 is 2.12. The molecule has 0 bridgehead atoms. The van der Waals surface area contributed by atoms with Crippen molar-refractivity contribution in [3.63, 3.8) is 0 Å². The van der Waals surface area contributed by atoms with Crippen LogP contribution >= 0.6 is 22.6 Å². The van der Waals surface area contributed by atoms with Crippen LogP contribution in [-0.2, 0) is 5.41 Å². The average Bonchev–Trinajstić information content (AvgIpc) is 2.15. The summed E-state index contributed by atoms with van der Waals surface area (Å²) in [6.45, 7) is 6.16. The first-order valence-corrected chi connectivity index (χ1v) is 5.97. The van der Waals surface area contributed by atoms with Gasteiger partial charge in [0.15, 0.2) is 0 Å². The molecule has 0 aliphatic rings. The highest BCUT2D eigenvalue weighted by Gasteiger charge is 2.22. The zero-order valence-corrected chi connectivity index (χ0v) is 11.9. The molecular weight excluding hydrogens is 319 g/mol. The number of aromatic carboxylic acids is 1. The molecule has 0 radical (unpaired) electrons. The molecule has 0 saturated carbocycles. The van der Waals surface area contributed by atoms with E-state index in [9.17, 15) is 4.79 Å². The van der Waals surface area contributed by atoms with Gasteiger partial charge in [0.05, 0.1) is 5.69 Å². The Balaban J connectivity index is 3.43. The van der Waals surface area contributed by atoms with Gasteiger partial charge in [-0.2, -0.15) is 0 Å². The molecule has 2 N–H and O–H groups in total. The van der Waals surface area contributed by atoms with Gasteiger partial charge in [-0.05, 0) is 28.7 Å². The van der Waals surface area contributed by atoms with Gasteiger partial charge in [0, 0.05) is 16.0 Å². The lowest BCUT2D eigenvalue weighted by Gasteiger charge is -2.21. The van der Waals surface area contributed by atoms with E-state index in [1.54, 1.807) is 13.1 Å². The number of nitrogens with one attached hydrogen (secondary N) is 1. The summed E-state index contributed by atoms with van der Waals surface area (Å²) < 4.78 is 0.876. The van der Waals surface area contributed by atoms with E-state index >= 15 is 0 Å². The molecule has 0 unspecified atom stereocenters. The molecule has 0 fully saturated rings. The third-order valence-corrected chi connectivity index (χ3v) is 2.98. The largest absolute Gasteiger partial charge is 0.478 e. The van der Waals surface area contributed by atoms with Crippen molar-refractivity contribution in [2.75, 3.05) is 12.4 Å². The smallest absolute Gasteiger partial charge is 0.339 e. The topological polar surface area (TPSA) is 62.2 Å². The van der Waals surface area contributed by atoms with E-state index in [-0.39, 0.29) is 11.0 Å². The molecule has 88 valence electrons. The first-order chi connectivity index (χ1) is 7.27. The number of pyridine rings is 1. The van der Waals surface area contributed by atoms with E-state index in [1.165, 1.54) is 0 Å². The molecule has 0 amide bonds. The highest BCUT2D eigenvalue weighted by atomic mass is 127. The number of nitrogens with zero attached hydrogens (tertiary/aromatic N) is 1. The molecule has 0 saturated heterocycles. The van der Waals surface area contributed by atoms with Crippen LogP contribution in [0.2, 0.25) is 0 Å². The van der Waals surface area contributed by atoms with Crippen LogP contribution in [-0.4, -0.2) is 23.1 Å². The standard InChI is InChI=1S/C11H15IN2O2/c1-11(2,3)8-7(12)5-6(10(15)16)9(13-4)14-8/h5H,1-4H3,(H,13,14)(H,15,16). The van der Waals surface area contributed by atoms with Gasteiger partial charge in [-0.25, -0.2) is 9.78 Å². The number of halogens is 1. The van der Waals surface area contributed by atoms with Crippen molar-refractivity contribution in [1.82, 2.24) is 4.98 Å². The van der Waals surface area contributed by atoms with Gasteiger partial charge in [-0.15, -0.1) is 0 Å². The van der Waals surface area contributed by atoms with Crippen LogP contribution in [0.25, 0.3) is 0 Å². The molecule has 16 heavy (non-hydrogen) atoms. The maximum atomic E-state index is 11.0. The van der Waals surface area contributed by atoms with E-state index in [1.807, 2.05) is 0 Å². The van der Waals surface area contributed by atoms with Crippen LogP contribution in [0.15, 0.2) is 6.07 Å². The van der Waals surface area contributed by atoms with Crippen LogP contribution < -0.4 is 5.32 Å². The van der Waals surface area contributed by atoms with Gasteiger partial charge in [-0.3, -0.25) is 0 Å². The lowest BCUT2D eigenvalue weighted by molar-refractivity contribution is 0.0697. The highest BCUT2D eigenvalue weighted by Crippen LogP contribution is 2.28. The molecule has 0 atom stereocenters. The van der Waals surface area contributed by atoms with E-state index in [4.69, 9.17) is 5.11 Å². The molecule has 0 spiro atoms. The maximum absolute atomic E-state index is 11.0. The van der Waals surface area contributed by atoms with Crippen molar-refractivity contribution >= 4 is 34.4 Å². The van der Waals surface area contributed by atoms with Crippen LogP contribution in [0.5, 0.6) is 0 Å². The average molecular weight is 334 g/mol. The van der Waals surface area contributed by atoms with Gasteiger partial charge >= 0.3 is 5.97 Å². The molecule has 1 rings (SSSR count). The minimum absolute atomic E-state index is 0.0981. The molecule has 1 aromatic rings. The van der Waals surface area contributed by atoms with Gasteiger partial charge < -0.3 is 10.4 Å². The van der Waals surface area contributed by atoms with Crippen LogP contribution in [0.1, 0.15) is 36.8 Å². The summed E-state index contributed by atoms with van der Waals surface area (Å²) in [5, 5.41) is 11.9. The van der Waals surface area contributed by atoms with E-state index in [0.29, 0.717) is 5.82 Å². The number of carboxylic acids is 1. The number of rotatable bonds is 2. The fraction of sp³-hybridized carbons (Fsp3) is 0.455. The molecule has 5 heteroatoms. The van der Waals surface area contributed by atoms with Crippen molar-refractivity contribution < 1.29 is 9.90 Å². The molecule has 0 aromatic carbocycles. The van der Waals surface area contributed by atoms with Crippen molar-refractivity contribution in [2.45, 2.75) is 26.2 Å². The minimum Gasteiger partial charge on any atom is -0.478 e. The summed E-state index contributed by atoms with van der Waals surface area (Å²) in [6, 6.07) is 1.66. The predicted octanol–water partition coefficient (Wildman–Crippen LogP) is 2.72.